The molecule has 0 saturated heterocycles. The lowest BCUT2D eigenvalue weighted by molar-refractivity contribution is 0.199. The molecule has 3 atom stereocenters. The molecule has 140 valence electrons. The van der Waals surface area contributed by atoms with Crippen molar-refractivity contribution in [3.05, 3.63) is 70.8 Å². The highest BCUT2D eigenvalue weighted by Crippen LogP contribution is 2.57. The molecule has 0 heterocycles. The Kier molecular flexibility index (Phi) is 5.87. The molecular formula is C25H35N. The molecule has 0 aromatic heterocycles. The molecule has 0 aliphatic heterocycles. The molecule has 1 aromatic rings. The van der Waals surface area contributed by atoms with Gasteiger partial charge in [-0.1, -0.05) is 80.5 Å². The zero-order valence-electron chi connectivity index (χ0n) is 17.2. The predicted octanol–water partition coefficient (Wildman–Crippen LogP) is 6.36. The Morgan fingerprint density at radius 2 is 2.00 bits per heavy atom. The van der Waals surface area contributed by atoms with Gasteiger partial charge in [0, 0.05) is 6.54 Å². The van der Waals surface area contributed by atoms with E-state index in [1.54, 1.807) is 11.1 Å². The van der Waals surface area contributed by atoms with E-state index < -0.39 is 0 Å². The molecule has 0 spiro atoms. The second-order valence-corrected chi connectivity index (χ2v) is 8.58. The maximum Gasteiger partial charge on any atom is 0.0164 e. The smallest absolute Gasteiger partial charge is 0.0164 e. The Bertz CT molecular complexity index is 704. The molecule has 1 saturated carbocycles. The first kappa shape index (κ1) is 19.2. The summed E-state index contributed by atoms with van der Waals surface area (Å²) in [4.78, 5) is 0. The number of likely N-dealkylation sites (N-methyl/N-ethyl adjacent to an activating group) is 1. The normalized spacial score (nSPS) is 28.8. The summed E-state index contributed by atoms with van der Waals surface area (Å²) in [6.45, 7) is 10.3. The number of allylic oxidation sites excluding steroid dienone is 5. The molecule has 2 aliphatic rings. The van der Waals surface area contributed by atoms with Crippen molar-refractivity contribution in [1.82, 2.24) is 5.32 Å². The van der Waals surface area contributed by atoms with Crippen molar-refractivity contribution in [2.75, 3.05) is 13.6 Å². The number of nitrogens with one attached hydrogen (secondary N) is 1. The Morgan fingerprint density at radius 3 is 2.62 bits per heavy atom. The molecule has 1 fully saturated rings. The van der Waals surface area contributed by atoms with Crippen molar-refractivity contribution in [2.24, 2.45) is 11.3 Å². The van der Waals surface area contributed by atoms with E-state index in [1.165, 1.54) is 24.0 Å². The van der Waals surface area contributed by atoms with Gasteiger partial charge in [0.25, 0.3) is 0 Å². The molecule has 0 bridgehead atoms. The van der Waals surface area contributed by atoms with E-state index in [9.17, 15) is 0 Å². The van der Waals surface area contributed by atoms with Crippen LogP contribution < -0.4 is 5.32 Å². The lowest BCUT2D eigenvalue weighted by Gasteiger charge is -2.50. The highest BCUT2D eigenvalue weighted by molar-refractivity contribution is 5.40. The second-order valence-electron chi connectivity index (χ2n) is 8.58. The van der Waals surface area contributed by atoms with E-state index in [0.29, 0.717) is 17.8 Å². The third kappa shape index (κ3) is 3.47. The predicted molar refractivity (Wildman–Crippen MR) is 114 cm³/mol. The molecule has 0 radical (unpaired) electrons. The van der Waals surface area contributed by atoms with E-state index in [4.69, 9.17) is 0 Å². The highest BCUT2D eigenvalue weighted by Gasteiger charge is 2.46. The molecular weight excluding hydrogens is 314 g/mol. The van der Waals surface area contributed by atoms with Gasteiger partial charge in [0.15, 0.2) is 0 Å². The summed E-state index contributed by atoms with van der Waals surface area (Å²) in [6.07, 6.45) is 13.0. The monoisotopic (exact) mass is 349 g/mol. The van der Waals surface area contributed by atoms with Gasteiger partial charge in [0.1, 0.15) is 0 Å². The molecule has 3 unspecified atom stereocenters. The van der Waals surface area contributed by atoms with E-state index in [1.807, 2.05) is 0 Å². The van der Waals surface area contributed by atoms with Crippen molar-refractivity contribution in [1.29, 1.82) is 0 Å². The Balaban J connectivity index is 2.05. The molecule has 26 heavy (non-hydrogen) atoms. The van der Waals surface area contributed by atoms with Gasteiger partial charge in [-0.2, -0.15) is 0 Å². The molecule has 1 aromatic carbocycles. The summed E-state index contributed by atoms with van der Waals surface area (Å²) in [5, 5.41) is 3.40. The van der Waals surface area contributed by atoms with Crippen LogP contribution in [-0.4, -0.2) is 13.6 Å². The van der Waals surface area contributed by atoms with Crippen LogP contribution in [0.25, 0.3) is 0 Å². The average Bonchev–Trinajstić information content (AvgIpc) is 2.65. The minimum atomic E-state index is 0.235. The molecule has 1 heteroatoms. The second kappa shape index (κ2) is 7.96. The van der Waals surface area contributed by atoms with Crippen LogP contribution in [0.15, 0.2) is 59.7 Å². The van der Waals surface area contributed by atoms with E-state index in [-0.39, 0.29) is 5.41 Å². The Morgan fingerprint density at radius 1 is 1.27 bits per heavy atom. The van der Waals surface area contributed by atoms with Gasteiger partial charge in [-0.05, 0) is 67.5 Å². The van der Waals surface area contributed by atoms with Crippen molar-refractivity contribution in [3.8, 4) is 0 Å². The van der Waals surface area contributed by atoms with Gasteiger partial charge >= 0.3 is 0 Å². The summed E-state index contributed by atoms with van der Waals surface area (Å²) < 4.78 is 0. The maximum atomic E-state index is 3.40. The van der Waals surface area contributed by atoms with Crippen molar-refractivity contribution in [2.45, 2.75) is 58.8 Å². The zero-order chi connectivity index (χ0) is 18.7. The van der Waals surface area contributed by atoms with Crippen molar-refractivity contribution < 1.29 is 0 Å². The third-order valence-electron chi connectivity index (χ3n) is 6.71. The fourth-order valence-corrected chi connectivity index (χ4v) is 5.18. The van der Waals surface area contributed by atoms with Crippen LogP contribution >= 0.6 is 0 Å². The zero-order valence-corrected chi connectivity index (χ0v) is 17.2. The number of hydrogen-bond acceptors (Lipinski definition) is 1. The summed E-state index contributed by atoms with van der Waals surface area (Å²) in [6, 6.07) is 9.52. The first-order valence-electron chi connectivity index (χ1n) is 10.3. The van der Waals surface area contributed by atoms with Crippen LogP contribution in [0.4, 0.5) is 0 Å². The fourth-order valence-electron chi connectivity index (χ4n) is 5.18. The first-order valence-corrected chi connectivity index (χ1v) is 10.3. The highest BCUT2D eigenvalue weighted by atomic mass is 14.8. The fraction of sp³-hybridized carbons (Fsp3) is 0.520. The number of hydrogen-bond donors (Lipinski definition) is 1. The van der Waals surface area contributed by atoms with Gasteiger partial charge in [-0.15, -0.1) is 0 Å². The van der Waals surface area contributed by atoms with E-state index >= 15 is 0 Å². The maximum absolute atomic E-state index is 3.40. The number of benzene rings is 1. The topological polar surface area (TPSA) is 12.0 Å². The van der Waals surface area contributed by atoms with Crippen LogP contribution in [-0.2, 0) is 0 Å². The SMILES string of the molecule is C/C=C(\CNC)C1CCC2=CC=CCC2(C)C1c1ccc(C(C)C)cc1. The summed E-state index contributed by atoms with van der Waals surface area (Å²) in [5.41, 5.74) is 6.40. The summed E-state index contributed by atoms with van der Waals surface area (Å²) in [7, 11) is 2.06. The summed E-state index contributed by atoms with van der Waals surface area (Å²) in [5.74, 6) is 1.75. The van der Waals surface area contributed by atoms with Gasteiger partial charge in [-0.25, -0.2) is 0 Å². The van der Waals surface area contributed by atoms with Crippen LogP contribution in [0.5, 0.6) is 0 Å². The van der Waals surface area contributed by atoms with Crippen LogP contribution in [0.1, 0.15) is 69.9 Å². The Hall–Kier alpha value is -1.60. The van der Waals surface area contributed by atoms with Crippen LogP contribution in [0, 0.1) is 11.3 Å². The average molecular weight is 350 g/mol. The van der Waals surface area contributed by atoms with Crippen molar-refractivity contribution in [3.63, 3.8) is 0 Å². The number of fused-ring (bicyclic) bond motifs is 1. The minimum Gasteiger partial charge on any atom is -0.316 e. The Labute approximate surface area is 160 Å². The lowest BCUT2D eigenvalue weighted by atomic mass is 9.54. The van der Waals surface area contributed by atoms with E-state index in [2.05, 4.69) is 88.6 Å². The largest absolute Gasteiger partial charge is 0.316 e. The molecule has 0 amide bonds. The third-order valence-corrected chi connectivity index (χ3v) is 6.71. The van der Waals surface area contributed by atoms with Crippen LogP contribution in [0.3, 0.4) is 0 Å². The number of rotatable bonds is 5. The molecule has 3 rings (SSSR count). The van der Waals surface area contributed by atoms with Crippen molar-refractivity contribution >= 4 is 0 Å². The van der Waals surface area contributed by atoms with Crippen LogP contribution in [0.2, 0.25) is 0 Å². The van der Waals surface area contributed by atoms with Gasteiger partial charge in [-0.3, -0.25) is 0 Å². The minimum absolute atomic E-state index is 0.235. The molecule has 2 aliphatic carbocycles. The van der Waals surface area contributed by atoms with E-state index in [0.717, 1.165) is 13.0 Å². The van der Waals surface area contributed by atoms with Gasteiger partial charge in [0.05, 0.1) is 0 Å². The van der Waals surface area contributed by atoms with Gasteiger partial charge in [0.2, 0.25) is 0 Å². The standard InChI is InChI=1S/C25H35N/c1-6-19(17-26-5)23-15-14-22-9-7-8-16-25(22,4)24(23)21-12-10-20(11-13-21)18(2)3/h6-13,18,23-24,26H,14-17H2,1-5H3/b19-6+. The summed E-state index contributed by atoms with van der Waals surface area (Å²) >= 11 is 0. The quantitative estimate of drug-likeness (QED) is 0.610. The lowest BCUT2D eigenvalue weighted by Crippen LogP contribution is -2.39. The van der Waals surface area contributed by atoms with Gasteiger partial charge < -0.3 is 5.32 Å². The first-order chi connectivity index (χ1) is 12.5. The molecule has 1 N–H and O–H groups in total. The molecule has 1 nitrogen and oxygen atoms in total.